The molecule has 0 aliphatic rings. The second kappa shape index (κ2) is 8.89. The first-order valence-corrected chi connectivity index (χ1v) is 11.6. The van der Waals surface area contributed by atoms with Gasteiger partial charge in [-0.15, -0.1) is 20.4 Å². The molecule has 4 aromatic rings. The van der Waals surface area contributed by atoms with E-state index in [4.69, 9.17) is 0 Å². The smallest absolute Gasteiger partial charge is 0.236 e. The van der Waals surface area contributed by atoms with Crippen molar-refractivity contribution in [3.8, 4) is 11.4 Å². The molecule has 8 nitrogen and oxygen atoms in total. The SMILES string of the molecule is CCSc1nnc(NC(=O)CSc2ccc3nnc(-c4ccc(C)cc4)n3n2)s1. The van der Waals surface area contributed by atoms with Gasteiger partial charge in [-0.2, -0.15) is 9.61 Å². The minimum atomic E-state index is -0.149. The van der Waals surface area contributed by atoms with Crippen molar-refractivity contribution in [1.82, 2.24) is 30.0 Å². The predicted molar refractivity (Wildman–Crippen MR) is 117 cm³/mol. The average molecular weight is 444 g/mol. The molecule has 1 amide bonds. The lowest BCUT2D eigenvalue weighted by molar-refractivity contribution is -0.113. The summed E-state index contributed by atoms with van der Waals surface area (Å²) in [5.74, 6) is 1.65. The molecule has 1 aromatic carbocycles. The average Bonchev–Trinajstić information content (AvgIpc) is 3.34. The number of carbonyl (C=O) groups is 1. The molecular weight excluding hydrogens is 426 g/mol. The summed E-state index contributed by atoms with van der Waals surface area (Å²) in [5.41, 5.74) is 2.77. The third-order valence-electron chi connectivity index (χ3n) is 3.82. The summed E-state index contributed by atoms with van der Waals surface area (Å²) in [6.07, 6.45) is 0. The monoisotopic (exact) mass is 443 g/mol. The number of nitrogens with one attached hydrogen (secondary N) is 1. The maximum atomic E-state index is 12.2. The van der Waals surface area contributed by atoms with Gasteiger partial charge in [0.05, 0.1) is 5.75 Å². The number of aryl methyl sites for hydroxylation is 1. The molecule has 0 aliphatic carbocycles. The maximum absolute atomic E-state index is 12.2. The van der Waals surface area contributed by atoms with Crippen LogP contribution in [0.5, 0.6) is 0 Å². The second-order valence-corrected chi connectivity index (χ2v) is 9.46. The van der Waals surface area contributed by atoms with E-state index >= 15 is 0 Å². The van der Waals surface area contributed by atoms with Crippen molar-refractivity contribution in [1.29, 1.82) is 0 Å². The third-order valence-corrected chi connectivity index (χ3v) is 6.59. The van der Waals surface area contributed by atoms with Gasteiger partial charge in [0.15, 0.2) is 15.8 Å². The highest BCUT2D eigenvalue weighted by molar-refractivity contribution is 8.01. The Morgan fingerprint density at radius 1 is 1.07 bits per heavy atom. The van der Waals surface area contributed by atoms with Crippen LogP contribution in [0.4, 0.5) is 5.13 Å². The Bertz CT molecular complexity index is 1140. The number of thioether (sulfide) groups is 2. The Kier molecular flexibility index (Phi) is 6.07. The Balaban J connectivity index is 1.44. The zero-order valence-electron chi connectivity index (χ0n) is 15.7. The van der Waals surface area contributed by atoms with E-state index in [0.29, 0.717) is 21.6 Å². The van der Waals surface area contributed by atoms with Crippen molar-refractivity contribution in [2.45, 2.75) is 23.2 Å². The van der Waals surface area contributed by atoms with Gasteiger partial charge >= 0.3 is 0 Å². The molecule has 0 spiro atoms. The highest BCUT2D eigenvalue weighted by Gasteiger charge is 2.12. The van der Waals surface area contributed by atoms with E-state index in [0.717, 1.165) is 15.7 Å². The van der Waals surface area contributed by atoms with Crippen molar-refractivity contribution in [3.05, 3.63) is 42.0 Å². The van der Waals surface area contributed by atoms with Crippen molar-refractivity contribution in [2.75, 3.05) is 16.8 Å². The normalized spacial score (nSPS) is 11.1. The second-order valence-electron chi connectivity index (χ2n) is 5.97. The van der Waals surface area contributed by atoms with E-state index in [-0.39, 0.29) is 11.7 Å². The minimum absolute atomic E-state index is 0.149. The summed E-state index contributed by atoms with van der Waals surface area (Å²) in [5, 5.41) is 25.0. The number of nitrogens with zero attached hydrogens (tertiary/aromatic N) is 6. The first kappa shape index (κ1) is 19.8. The molecule has 29 heavy (non-hydrogen) atoms. The summed E-state index contributed by atoms with van der Waals surface area (Å²) in [6.45, 7) is 4.08. The lowest BCUT2D eigenvalue weighted by Gasteiger charge is -2.03. The number of hydrogen-bond donors (Lipinski definition) is 1. The van der Waals surface area contributed by atoms with E-state index in [1.54, 1.807) is 16.3 Å². The largest absolute Gasteiger partial charge is 0.300 e. The van der Waals surface area contributed by atoms with Gasteiger partial charge in [-0.05, 0) is 24.8 Å². The molecule has 0 saturated carbocycles. The van der Waals surface area contributed by atoms with Crippen LogP contribution >= 0.6 is 34.9 Å². The molecule has 0 unspecified atom stereocenters. The fraction of sp³-hybridized carbons (Fsp3) is 0.222. The van der Waals surface area contributed by atoms with Crippen LogP contribution in [0.1, 0.15) is 12.5 Å². The van der Waals surface area contributed by atoms with Crippen LogP contribution in [-0.2, 0) is 4.79 Å². The van der Waals surface area contributed by atoms with Crippen molar-refractivity contribution >= 4 is 51.5 Å². The number of rotatable bonds is 7. The van der Waals surface area contributed by atoms with E-state index in [1.807, 2.05) is 50.2 Å². The lowest BCUT2D eigenvalue weighted by atomic mass is 10.1. The number of anilines is 1. The van der Waals surface area contributed by atoms with Gasteiger partial charge in [-0.1, -0.05) is 71.6 Å². The number of benzene rings is 1. The summed E-state index contributed by atoms with van der Waals surface area (Å²) >= 11 is 4.31. The molecule has 0 fully saturated rings. The zero-order valence-corrected chi connectivity index (χ0v) is 18.1. The molecule has 0 saturated heterocycles. The first-order valence-electron chi connectivity index (χ1n) is 8.81. The predicted octanol–water partition coefficient (Wildman–Crippen LogP) is 3.79. The third kappa shape index (κ3) is 4.74. The highest BCUT2D eigenvalue weighted by Crippen LogP contribution is 2.25. The van der Waals surface area contributed by atoms with Crippen LogP contribution in [0, 0.1) is 6.92 Å². The number of carbonyl (C=O) groups excluding carboxylic acids is 1. The van der Waals surface area contributed by atoms with Crippen molar-refractivity contribution < 1.29 is 4.79 Å². The lowest BCUT2D eigenvalue weighted by Crippen LogP contribution is -2.14. The fourth-order valence-electron chi connectivity index (χ4n) is 2.47. The van der Waals surface area contributed by atoms with E-state index < -0.39 is 0 Å². The molecule has 0 bridgehead atoms. The summed E-state index contributed by atoms with van der Waals surface area (Å²) in [4.78, 5) is 12.2. The highest BCUT2D eigenvalue weighted by atomic mass is 32.2. The topological polar surface area (TPSA) is 98.0 Å². The van der Waals surface area contributed by atoms with E-state index in [1.165, 1.54) is 28.7 Å². The summed E-state index contributed by atoms with van der Waals surface area (Å²) in [7, 11) is 0. The van der Waals surface area contributed by atoms with Gasteiger partial charge in [-0.25, -0.2) is 0 Å². The van der Waals surface area contributed by atoms with Crippen LogP contribution in [0.2, 0.25) is 0 Å². The van der Waals surface area contributed by atoms with Gasteiger partial charge in [0, 0.05) is 5.56 Å². The van der Waals surface area contributed by atoms with Crippen LogP contribution in [0.15, 0.2) is 45.8 Å². The maximum Gasteiger partial charge on any atom is 0.236 e. The number of fused-ring (bicyclic) bond motifs is 1. The summed E-state index contributed by atoms with van der Waals surface area (Å²) < 4.78 is 2.54. The molecule has 4 rings (SSSR count). The van der Waals surface area contributed by atoms with Gasteiger partial charge in [0.1, 0.15) is 5.03 Å². The van der Waals surface area contributed by atoms with Gasteiger partial charge < -0.3 is 0 Å². The molecule has 0 aliphatic heterocycles. The van der Waals surface area contributed by atoms with E-state index in [9.17, 15) is 4.79 Å². The Hall–Kier alpha value is -2.50. The van der Waals surface area contributed by atoms with Crippen molar-refractivity contribution in [2.24, 2.45) is 0 Å². The molecular formula is C18H17N7OS3. The number of hydrogen-bond acceptors (Lipinski definition) is 9. The van der Waals surface area contributed by atoms with Crippen LogP contribution < -0.4 is 5.32 Å². The first-order chi connectivity index (χ1) is 14.1. The number of amides is 1. The van der Waals surface area contributed by atoms with Crippen LogP contribution in [0.25, 0.3) is 17.0 Å². The molecule has 0 radical (unpaired) electrons. The number of aromatic nitrogens is 6. The molecule has 148 valence electrons. The van der Waals surface area contributed by atoms with Crippen LogP contribution in [-0.4, -0.2) is 47.4 Å². The molecule has 1 N–H and O–H groups in total. The van der Waals surface area contributed by atoms with Gasteiger partial charge in [0.2, 0.25) is 11.0 Å². The standard InChI is InChI=1S/C18H17N7OS3/c1-3-27-18-23-22-17(29-18)19-14(26)10-28-15-9-8-13-20-21-16(25(13)24-15)12-6-4-11(2)5-7-12/h4-9H,3,10H2,1-2H3,(H,19,22,26). The summed E-state index contributed by atoms with van der Waals surface area (Å²) in [6, 6.07) is 11.7. The molecule has 0 atom stereocenters. The van der Waals surface area contributed by atoms with Crippen molar-refractivity contribution in [3.63, 3.8) is 0 Å². The zero-order chi connectivity index (χ0) is 20.2. The minimum Gasteiger partial charge on any atom is -0.300 e. The molecule has 11 heteroatoms. The van der Waals surface area contributed by atoms with Gasteiger partial charge in [-0.3, -0.25) is 10.1 Å². The van der Waals surface area contributed by atoms with E-state index in [2.05, 4.69) is 30.8 Å². The van der Waals surface area contributed by atoms with Crippen LogP contribution in [0.3, 0.4) is 0 Å². The Morgan fingerprint density at radius 3 is 2.69 bits per heavy atom. The Morgan fingerprint density at radius 2 is 1.90 bits per heavy atom. The molecule has 3 heterocycles. The quantitative estimate of drug-likeness (QED) is 0.340. The fourth-order valence-corrected chi connectivity index (χ4v) is 4.79. The molecule has 3 aromatic heterocycles. The van der Waals surface area contributed by atoms with Gasteiger partial charge in [0.25, 0.3) is 0 Å². The Labute approximate surface area is 179 Å².